The summed E-state index contributed by atoms with van der Waals surface area (Å²) < 4.78 is 4.90. The smallest absolute Gasteiger partial charge is 0.251 e. The Bertz CT molecular complexity index is 395. The number of hydrogen-bond donors (Lipinski definition) is 3. The minimum Gasteiger partial charge on any atom is -0.394 e. The first kappa shape index (κ1) is 14.0. The van der Waals surface area contributed by atoms with Crippen LogP contribution in [0.5, 0.6) is 0 Å². The van der Waals surface area contributed by atoms with E-state index >= 15 is 0 Å². The highest BCUT2D eigenvalue weighted by molar-refractivity contribution is 7.80. The Morgan fingerprint density at radius 1 is 1.59 bits per heavy atom. The van der Waals surface area contributed by atoms with E-state index in [4.69, 9.17) is 9.84 Å². The minimum atomic E-state index is -0.393. The van der Waals surface area contributed by atoms with Gasteiger partial charge in [0.15, 0.2) is 0 Å². The number of methoxy groups -OCH3 is 1. The van der Waals surface area contributed by atoms with Crippen LogP contribution < -0.4 is 5.32 Å². The van der Waals surface area contributed by atoms with Crippen LogP contribution in [-0.2, 0) is 4.74 Å². The highest BCUT2D eigenvalue weighted by Gasteiger charge is 2.14. The summed E-state index contributed by atoms with van der Waals surface area (Å²) in [6, 6.07) is 4.97. The summed E-state index contributed by atoms with van der Waals surface area (Å²) >= 11 is 4.20. The predicted molar refractivity (Wildman–Crippen MR) is 68.6 cm³/mol. The van der Waals surface area contributed by atoms with Gasteiger partial charge in [-0.15, -0.1) is 12.6 Å². The number of rotatable bonds is 5. The van der Waals surface area contributed by atoms with Crippen LogP contribution in [0.15, 0.2) is 23.1 Å². The fourth-order valence-electron chi connectivity index (χ4n) is 1.46. The largest absolute Gasteiger partial charge is 0.394 e. The lowest BCUT2D eigenvalue weighted by molar-refractivity contribution is 0.0839. The maximum atomic E-state index is 12.0. The van der Waals surface area contributed by atoms with Crippen molar-refractivity contribution in [1.82, 2.24) is 5.32 Å². The van der Waals surface area contributed by atoms with Gasteiger partial charge < -0.3 is 15.2 Å². The van der Waals surface area contributed by atoms with E-state index in [1.807, 2.05) is 19.1 Å². The van der Waals surface area contributed by atoms with E-state index in [2.05, 4.69) is 17.9 Å². The Kier molecular flexibility index (Phi) is 5.47. The third kappa shape index (κ3) is 4.03. The summed E-state index contributed by atoms with van der Waals surface area (Å²) in [5.41, 5.74) is 1.43. The van der Waals surface area contributed by atoms with Gasteiger partial charge in [-0.05, 0) is 24.6 Å². The molecule has 0 saturated carbocycles. The number of carbonyl (C=O) groups is 1. The second-order valence-corrected chi connectivity index (χ2v) is 4.32. The van der Waals surface area contributed by atoms with Gasteiger partial charge in [0.2, 0.25) is 0 Å². The van der Waals surface area contributed by atoms with E-state index in [0.29, 0.717) is 5.56 Å². The third-order valence-electron chi connectivity index (χ3n) is 2.39. The second kappa shape index (κ2) is 6.64. The standard InChI is InChI=1S/C12H17NO3S/c1-8-3-4-10(17)5-11(8)12(15)13-9(6-14)7-16-2/h3-5,9,14,17H,6-7H2,1-2H3,(H,13,15). The van der Waals surface area contributed by atoms with E-state index in [0.717, 1.165) is 10.5 Å². The number of carbonyl (C=O) groups excluding carboxylic acids is 1. The number of benzene rings is 1. The highest BCUT2D eigenvalue weighted by atomic mass is 32.1. The molecule has 4 nitrogen and oxygen atoms in total. The van der Waals surface area contributed by atoms with Crippen molar-refractivity contribution >= 4 is 18.5 Å². The number of amides is 1. The van der Waals surface area contributed by atoms with Crippen molar-refractivity contribution in [3.63, 3.8) is 0 Å². The van der Waals surface area contributed by atoms with Crippen LogP contribution in [0.1, 0.15) is 15.9 Å². The van der Waals surface area contributed by atoms with E-state index in [1.54, 1.807) is 6.07 Å². The average molecular weight is 255 g/mol. The fraction of sp³-hybridized carbons (Fsp3) is 0.417. The average Bonchev–Trinajstić information content (AvgIpc) is 2.31. The summed E-state index contributed by atoms with van der Waals surface area (Å²) in [6.45, 7) is 1.98. The quantitative estimate of drug-likeness (QED) is 0.689. The van der Waals surface area contributed by atoms with Crippen LogP contribution in [0.25, 0.3) is 0 Å². The Balaban J connectivity index is 2.78. The zero-order chi connectivity index (χ0) is 12.8. The summed E-state index contributed by atoms with van der Waals surface area (Å²) in [5.74, 6) is -0.227. The molecule has 0 bridgehead atoms. The molecular formula is C12H17NO3S. The Labute approximate surface area is 106 Å². The van der Waals surface area contributed by atoms with Gasteiger partial charge in [-0.1, -0.05) is 6.07 Å². The van der Waals surface area contributed by atoms with E-state index in [-0.39, 0.29) is 19.1 Å². The van der Waals surface area contributed by atoms with Crippen molar-refractivity contribution < 1.29 is 14.6 Å². The van der Waals surface area contributed by atoms with Crippen LogP contribution in [-0.4, -0.2) is 37.4 Å². The molecule has 0 aliphatic heterocycles. The van der Waals surface area contributed by atoms with Crippen molar-refractivity contribution in [2.75, 3.05) is 20.3 Å². The Morgan fingerprint density at radius 3 is 2.88 bits per heavy atom. The monoisotopic (exact) mass is 255 g/mol. The molecule has 2 N–H and O–H groups in total. The SMILES string of the molecule is COCC(CO)NC(=O)c1cc(S)ccc1C. The molecule has 0 aliphatic carbocycles. The molecule has 17 heavy (non-hydrogen) atoms. The lowest BCUT2D eigenvalue weighted by Crippen LogP contribution is -2.40. The molecule has 0 radical (unpaired) electrons. The number of ether oxygens (including phenoxy) is 1. The van der Waals surface area contributed by atoms with Crippen LogP contribution in [0.2, 0.25) is 0 Å². The Hall–Kier alpha value is -1.04. The molecule has 1 aromatic rings. The molecular weight excluding hydrogens is 238 g/mol. The van der Waals surface area contributed by atoms with Crippen LogP contribution in [0.4, 0.5) is 0 Å². The van der Waals surface area contributed by atoms with Gasteiger partial charge in [0.1, 0.15) is 0 Å². The van der Waals surface area contributed by atoms with Crippen LogP contribution >= 0.6 is 12.6 Å². The number of hydrogen-bond acceptors (Lipinski definition) is 4. The topological polar surface area (TPSA) is 58.6 Å². The van der Waals surface area contributed by atoms with Gasteiger partial charge in [-0.3, -0.25) is 4.79 Å². The molecule has 1 aromatic carbocycles. The first-order valence-electron chi connectivity index (χ1n) is 5.28. The van der Waals surface area contributed by atoms with E-state index < -0.39 is 6.04 Å². The lowest BCUT2D eigenvalue weighted by atomic mass is 10.1. The lowest BCUT2D eigenvalue weighted by Gasteiger charge is -2.16. The van der Waals surface area contributed by atoms with Gasteiger partial charge in [-0.2, -0.15) is 0 Å². The second-order valence-electron chi connectivity index (χ2n) is 3.81. The number of nitrogens with one attached hydrogen (secondary N) is 1. The maximum absolute atomic E-state index is 12.0. The van der Waals surface area contributed by atoms with Crippen molar-refractivity contribution in [2.45, 2.75) is 17.9 Å². The summed E-state index contributed by atoms with van der Waals surface area (Å²) in [5, 5.41) is 11.8. The molecule has 0 fully saturated rings. The molecule has 94 valence electrons. The van der Waals surface area contributed by atoms with E-state index in [1.165, 1.54) is 7.11 Å². The van der Waals surface area contributed by atoms with Crippen molar-refractivity contribution in [2.24, 2.45) is 0 Å². The molecule has 0 aromatic heterocycles. The molecule has 0 aliphatic rings. The van der Waals surface area contributed by atoms with E-state index in [9.17, 15) is 4.79 Å². The summed E-state index contributed by atoms with van der Waals surface area (Å²) in [7, 11) is 1.52. The molecule has 0 heterocycles. The zero-order valence-electron chi connectivity index (χ0n) is 9.93. The molecule has 0 saturated heterocycles. The predicted octanol–water partition coefficient (Wildman–Crippen LogP) is 1.02. The molecule has 1 rings (SSSR count). The first-order chi connectivity index (χ1) is 8.08. The van der Waals surface area contributed by atoms with Gasteiger partial charge in [0.05, 0.1) is 19.3 Å². The number of aliphatic hydroxyl groups excluding tert-OH is 1. The maximum Gasteiger partial charge on any atom is 0.251 e. The van der Waals surface area contributed by atoms with Crippen LogP contribution in [0, 0.1) is 6.92 Å². The third-order valence-corrected chi connectivity index (χ3v) is 2.67. The Morgan fingerprint density at radius 2 is 2.29 bits per heavy atom. The highest BCUT2D eigenvalue weighted by Crippen LogP contribution is 2.14. The summed E-state index contributed by atoms with van der Waals surface area (Å²) in [4.78, 5) is 12.7. The van der Waals surface area contributed by atoms with Crippen molar-refractivity contribution in [1.29, 1.82) is 0 Å². The van der Waals surface area contributed by atoms with Crippen molar-refractivity contribution in [3.05, 3.63) is 29.3 Å². The fourth-order valence-corrected chi connectivity index (χ4v) is 1.66. The molecule has 0 spiro atoms. The number of aliphatic hydroxyl groups is 1. The zero-order valence-corrected chi connectivity index (χ0v) is 10.8. The molecule has 1 atom stereocenters. The van der Waals surface area contributed by atoms with Gasteiger partial charge in [0.25, 0.3) is 5.91 Å². The normalized spacial score (nSPS) is 12.2. The minimum absolute atomic E-state index is 0.154. The first-order valence-corrected chi connectivity index (χ1v) is 5.73. The van der Waals surface area contributed by atoms with Crippen LogP contribution in [0.3, 0.4) is 0 Å². The van der Waals surface area contributed by atoms with Gasteiger partial charge in [-0.25, -0.2) is 0 Å². The summed E-state index contributed by atoms with van der Waals surface area (Å²) in [6.07, 6.45) is 0. The molecule has 1 amide bonds. The molecule has 1 unspecified atom stereocenters. The number of aryl methyl sites for hydroxylation is 1. The number of thiol groups is 1. The van der Waals surface area contributed by atoms with Crippen molar-refractivity contribution in [3.8, 4) is 0 Å². The van der Waals surface area contributed by atoms with Gasteiger partial charge in [0, 0.05) is 17.6 Å². The molecule has 5 heteroatoms. The van der Waals surface area contributed by atoms with Gasteiger partial charge >= 0.3 is 0 Å².